The number of aliphatic imine (C=N–C) groups is 1. The lowest BCUT2D eigenvalue weighted by molar-refractivity contribution is 0.606. The number of hydrogen-bond acceptors (Lipinski definition) is 4. The van der Waals surface area contributed by atoms with Crippen molar-refractivity contribution in [2.75, 3.05) is 36.6 Å². The van der Waals surface area contributed by atoms with E-state index in [1.54, 1.807) is 19.2 Å². The molecule has 0 fully saturated rings. The molecule has 0 saturated heterocycles. The van der Waals surface area contributed by atoms with E-state index in [0.29, 0.717) is 18.2 Å². The summed E-state index contributed by atoms with van der Waals surface area (Å²) < 4.78 is 25.3. The van der Waals surface area contributed by atoms with Gasteiger partial charge in [-0.1, -0.05) is 18.2 Å². The SMILES string of the molecule is CN=C(NCCCCSC)NCc1ccccc1NS(C)(=O)=O. The van der Waals surface area contributed by atoms with Gasteiger partial charge in [0.05, 0.1) is 11.9 Å². The van der Waals surface area contributed by atoms with Crippen molar-refractivity contribution in [3.63, 3.8) is 0 Å². The third-order valence-corrected chi connectivity index (χ3v) is 4.34. The van der Waals surface area contributed by atoms with Crippen LogP contribution in [0.2, 0.25) is 0 Å². The molecule has 0 unspecified atom stereocenters. The Hall–Kier alpha value is -1.41. The summed E-state index contributed by atoms with van der Waals surface area (Å²) in [5.74, 6) is 1.88. The molecule has 130 valence electrons. The number of para-hydroxylation sites is 1. The summed E-state index contributed by atoms with van der Waals surface area (Å²) >= 11 is 1.85. The highest BCUT2D eigenvalue weighted by Crippen LogP contribution is 2.15. The van der Waals surface area contributed by atoms with E-state index in [1.807, 2.05) is 23.9 Å². The quantitative estimate of drug-likeness (QED) is 0.357. The van der Waals surface area contributed by atoms with Crippen LogP contribution in [0, 0.1) is 0 Å². The predicted molar refractivity (Wildman–Crippen MR) is 101 cm³/mol. The Balaban J connectivity index is 2.53. The zero-order chi connectivity index (χ0) is 17.1. The number of nitrogens with one attached hydrogen (secondary N) is 3. The first kappa shape index (κ1) is 19.6. The van der Waals surface area contributed by atoms with Crippen LogP contribution in [0.4, 0.5) is 5.69 Å². The van der Waals surface area contributed by atoms with Crippen molar-refractivity contribution < 1.29 is 8.42 Å². The van der Waals surface area contributed by atoms with Crippen LogP contribution in [0.25, 0.3) is 0 Å². The Kier molecular flexibility index (Phi) is 8.86. The summed E-state index contributed by atoms with van der Waals surface area (Å²) in [6, 6.07) is 7.31. The standard InChI is InChI=1S/C15H26N4O2S2/c1-16-15(17-10-6-7-11-22-2)18-12-13-8-4-5-9-14(13)19-23(3,20)21/h4-5,8-9,19H,6-7,10-12H2,1-3H3,(H2,16,17,18). The normalized spacial score (nSPS) is 12.0. The van der Waals surface area contributed by atoms with Crippen LogP contribution < -0.4 is 15.4 Å². The molecule has 0 spiro atoms. The number of hydrogen-bond donors (Lipinski definition) is 3. The first-order valence-electron chi connectivity index (χ1n) is 7.45. The molecule has 0 atom stereocenters. The van der Waals surface area contributed by atoms with Crippen LogP contribution in [0.1, 0.15) is 18.4 Å². The molecule has 1 rings (SSSR count). The number of sulfonamides is 1. The first-order chi connectivity index (χ1) is 11.0. The summed E-state index contributed by atoms with van der Waals surface area (Å²) in [5, 5.41) is 6.46. The van der Waals surface area contributed by atoms with Gasteiger partial charge in [-0.25, -0.2) is 8.42 Å². The van der Waals surface area contributed by atoms with Gasteiger partial charge < -0.3 is 10.6 Å². The van der Waals surface area contributed by atoms with E-state index in [1.165, 1.54) is 6.42 Å². The highest BCUT2D eigenvalue weighted by Gasteiger charge is 2.07. The van der Waals surface area contributed by atoms with Gasteiger partial charge in [0.2, 0.25) is 10.0 Å². The molecule has 23 heavy (non-hydrogen) atoms. The van der Waals surface area contributed by atoms with Crippen LogP contribution in [0.5, 0.6) is 0 Å². The van der Waals surface area contributed by atoms with E-state index >= 15 is 0 Å². The number of guanidine groups is 1. The summed E-state index contributed by atoms with van der Waals surface area (Å²) in [6.45, 7) is 1.35. The monoisotopic (exact) mass is 358 g/mol. The van der Waals surface area contributed by atoms with Crippen LogP contribution >= 0.6 is 11.8 Å². The third kappa shape index (κ3) is 8.71. The second-order valence-electron chi connectivity index (χ2n) is 5.08. The maximum atomic E-state index is 11.4. The van der Waals surface area contributed by atoms with Crippen molar-refractivity contribution in [1.29, 1.82) is 0 Å². The minimum absolute atomic E-state index is 0.489. The molecular formula is C15H26N4O2S2. The van der Waals surface area contributed by atoms with E-state index < -0.39 is 10.0 Å². The molecule has 0 aromatic heterocycles. The average Bonchev–Trinajstić information content (AvgIpc) is 2.50. The molecule has 0 heterocycles. The van der Waals surface area contributed by atoms with E-state index in [0.717, 1.165) is 30.5 Å². The second kappa shape index (κ2) is 10.4. The fourth-order valence-corrected chi connectivity index (χ4v) is 3.04. The summed E-state index contributed by atoms with van der Waals surface area (Å²) in [6.07, 6.45) is 5.52. The molecule has 0 amide bonds. The van der Waals surface area contributed by atoms with E-state index in [2.05, 4.69) is 26.6 Å². The van der Waals surface area contributed by atoms with Crippen molar-refractivity contribution in [3.8, 4) is 0 Å². The minimum atomic E-state index is -3.29. The van der Waals surface area contributed by atoms with Gasteiger partial charge in [-0.05, 0) is 36.5 Å². The van der Waals surface area contributed by atoms with Crippen LogP contribution in [-0.4, -0.2) is 46.2 Å². The number of benzene rings is 1. The zero-order valence-electron chi connectivity index (χ0n) is 13.9. The number of anilines is 1. The molecule has 0 aliphatic heterocycles. The largest absolute Gasteiger partial charge is 0.356 e. The Labute approximate surface area is 143 Å². The summed E-state index contributed by atoms with van der Waals surface area (Å²) in [7, 11) is -1.57. The highest BCUT2D eigenvalue weighted by atomic mass is 32.2. The molecule has 0 radical (unpaired) electrons. The van der Waals surface area contributed by atoms with Crippen molar-refractivity contribution in [1.82, 2.24) is 10.6 Å². The number of unbranched alkanes of at least 4 members (excludes halogenated alkanes) is 1. The lowest BCUT2D eigenvalue weighted by Gasteiger charge is -2.14. The van der Waals surface area contributed by atoms with Gasteiger partial charge in [0.1, 0.15) is 0 Å². The highest BCUT2D eigenvalue weighted by molar-refractivity contribution is 7.98. The van der Waals surface area contributed by atoms with Crippen LogP contribution in [0.15, 0.2) is 29.3 Å². The molecule has 1 aromatic carbocycles. The Morgan fingerprint density at radius 2 is 1.96 bits per heavy atom. The smallest absolute Gasteiger partial charge is 0.229 e. The van der Waals surface area contributed by atoms with Gasteiger partial charge in [-0.15, -0.1) is 0 Å². The molecule has 1 aromatic rings. The van der Waals surface area contributed by atoms with E-state index in [4.69, 9.17) is 0 Å². The predicted octanol–water partition coefficient (Wildman–Crippen LogP) is 1.87. The molecule has 6 nitrogen and oxygen atoms in total. The van der Waals surface area contributed by atoms with Crippen molar-refractivity contribution in [2.24, 2.45) is 4.99 Å². The number of nitrogens with zero attached hydrogens (tertiary/aromatic N) is 1. The van der Waals surface area contributed by atoms with E-state index in [9.17, 15) is 8.42 Å². The van der Waals surface area contributed by atoms with Gasteiger partial charge in [-0.2, -0.15) is 11.8 Å². The Morgan fingerprint density at radius 1 is 1.22 bits per heavy atom. The molecule has 0 bridgehead atoms. The number of rotatable bonds is 9. The Bertz CT molecular complexity index is 603. The average molecular weight is 359 g/mol. The number of thioether (sulfide) groups is 1. The van der Waals surface area contributed by atoms with Gasteiger partial charge in [0.15, 0.2) is 5.96 Å². The fourth-order valence-electron chi connectivity index (χ4n) is 1.95. The van der Waals surface area contributed by atoms with Gasteiger partial charge >= 0.3 is 0 Å². The lowest BCUT2D eigenvalue weighted by Crippen LogP contribution is -2.37. The minimum Gasteiger partial charge on any atom is -0.356 e. The maximum absolute atomic E-state index is 11.4. The molecule has 3 N–H and O–H groups in total. The first-order valence-corrected chi connectivity index (χ1v) is 10.7. The second-order valence-corrected chi connectivity index (χ2v) is 7.82. The zero-order valence-corrected chi connectivity index (χ0v) is 15.6. The Morgan fingerprint density at radius 3 is 2.61 bits per heavy atom. The topological polar surface area (TPSA) is 82.6 Å². The van der Waals surface area contributed by atoms with Gasteiger partial charge in [0, 0.05) is 20.1 Å². The van der Waals surface area contributed by atoms with Crippen LogP contribution in [-0.2, 0) is 16.6 Å². The van der Waals surface area contributed by atoms with Gasteiger partial charge in [-0.3, -0.25) is 9.71 Å². The molecule has 8 heteroatoms. The summed E-state index contributed by atoms with van der Waals surface area (Å²) in [4.78, 5) is 4.18. The van der Waals surface area contributed by atoms with Crippen molar-refractivity contribution >= 4 is 33.4 Å². The van der Waals surface area contributed by atoms with Gasteiger partial charge in [0.25, 0.3) is 0 Å². The molecule has 0 aliphatic rings. The van der Waals surface area contributed by atoms with E-state index in [-0.39, 0.29) is 0 Å². The maximum Gasteiger partial charge on any atom is 0.229 e. The molecular weight excluding hydrogens is 332 g/mol. The third-order valence-electron chi connectivity index (χ3n) is 3.05. The molecule has 0 aliphatic carbocycles. The lowest BCUT2D eigenvalue weighted by atomic mass is 10.2. The fraction of sp³-hybridized carbons (Fsp3) is 0.533. The van der Waals surface area contributed by atoms with Crippen molar-refractivity contribution in [3.05, 3.63) is 29.8 Å². The van der Waals surface area contributed by atoms with Crippen LogP contribution in [0.3, 0.4) is 0 Å². The molecule has 0 saturated carbocycles. The summed E-state index contributed by atoms with van der Waals surface area (Å²) in [5.41, 5.74) is 1.45. The van der Waals surface area contributed by atoms with Crippen molar-refractivity contribution in [2.45, 2.75) is 19.4 Å².